The standard InChI is InChI=1S/C21H27F3N8O/c1-4-33-10-9-32-18-17(14(3)30-32)28-20(31-8-7-25-13(2)12-31)29-19(18)27-16-11-15(5-6-26-16)21(22,23)24/h5-6,11,13,25H,4,7-10,12H2,1-3H3,(H,26,27,28,29)/t13-/m1/s1. The van der Waals surface area contributed by atoms with E-state index in [1.807, 2.05) is 13.8 Å². The Morgan fingerprint density at radius 3 is 2.85 bits per heavy atom. The summed E-state index contributed by atoms with van der Waals surface area (Å²) in [6.07, 6.45) is -3.35. The predicted molar refractivity (Wildman–Crippen MR) is 119 cm³/mol. The van der Waals surface area contributed by atoms with E-state index in [1.165, 1.54) is 0 Å². The van der Waals surface area contributed by atoms with Gasteiger partial charge in [-0.25, -0.2) is 9.97 Å². The van der Waals surface area contributed by atoms with Crippen LogP contribution in [0.5, 0.6) is 0 Å². The van der Waals surface area contributed by atoms with Crippen LogP contribution in [0, 0.1) is 6.92 Å². The Balaban J connectivity index is 1.79. The average Bonchev–Trinajstić information content (AvgIpc) is 3.09. The number of hydrogen-bond donors (Lipinski definition) is 2. The van der Waals surface area contributed by atoms with Crippen molar-refractivity contribution in [2.75, 3.05) is 43.1 Å². The number of alkyl halides is 3. The van der Waals surface area contributed by atoms with Crippen molar-refractivity contribution in [3.63, 3.8) is 0 Å². The summed E-state index contributed by atoms with van der Waals surface area (Å²) < 4.78 is 46.9. The molecule has 0 bridgehead atoms. The van der Waals surface area contributed by atoms with Crippen LogP contribution < -0.4 is 15.5 Å². The number of nitrogens with one attached hydrogen (secondary N) is 2. The van der Waals surface area contributed by atoms with Crippen LogP contribution in [0.25, 0.3) is 11.0 Å². The molecule has 4 rings (SSSR count). The van der Waals surface area contributed by atoms with Gasteiger partial charge in [0.25, 0.3) is 0 Å². The summed E-state index contributed by atoms with van der Waals surface area (Å²) in [5, 5.41) is 11.0. The zero-order valence-electron chi connectivity index (χ0n) is 18.8. The third kappa shape index (κ3) is 5.17. The van der Waals surface area contributed by atoms with Gasteiger partial charge in [-0.15, -0.1) is 0 Å². The smallest absolute Gasteiger partial charge is 0.380 e. The molecule has 0 unspecified atom stereocenters. The molecule has 12 heteroatoms. The third-order valence-electron chi connectivity index (χ3n) is 5.38. The molecule has 0 radical (unpaired) electrons. The van der Waals surface area contributed by atoms with E-state index in [1.54, 1.807) is 4.68 Å². The van der Waals surface area contributed by atoms with Gasteiger partial charge in [0.2, 0.25) is 5.95 Å². The van der Waals surface area contributed by atoms with Gasteiger partial charge in [-0.3, -0.25) is 4.68 Å². The molecule has 1 aliphatic rings. The fourth-order valence-corrected chi connectivity index (χ4v) is 3.81. The first-order valence-corrected chi connectivity index (χ1v) is 10.9. The first kappa shape index (κ1) is 23.2. The minimum Gasteiger partial charge on any atom is -0.380 e. The summed E-state index contributed by atoms with van der Waals surface area (Å²) in [6.45, 7) is 9.51. The topological polar surface area (TPSA) is 93.0 Å². The van der Waals surface area contributed by atoms with Crippen molar-refractivity contribution in [1.82, 2.24) is 30.0 Å². The average molecular weight is 464 g/mol. The van der Waals surface area contributed by atoms with E-state index in [-0.39, 0.29) is 11.9 Å². The molecule has 178 valence electrons. The lowest BCUT2D eigenvalue weighted by Gasteiger charge is -2.32. The van der Waals surface area contributed by atoms with Gasteiger partial charge in [0.1, 0.15) is 16.9 Å². The summed E-state index contributed by atoms with van der Waals surface area (Å²) >= 11 is 0. The van der Waals surface area contributed by atoms with Crippen LogP contribution in [0.15, 0.2) is 18.3 Å². The molecule has 0 amide bonds. The van der Waals surface area contributed by atoms with Crippen LogP contribution in [-0.2, 0) is 17.5 Å². The second kappa shape index (κ2) is 9.48. The fraction of sp³-hybridized carbons (Fsp3) is 0.524. The number of pyridine rings is 1. The molecule has 0 aliphatic carbocycles. The molecule has 1 fully saturated rings. The number of nitrogens with zero attached hydrogens (tertiary/aromatic N) is 6. The van der Waals surface area contributed by atoms with E-state index in [0.717, 1.165) is 24.9 Å². The van der Waals surface area contributed by atoms with Crippen LogP contribution in [0.1, 0.15) is 25.1 Å². The quantitative estimate of drug-likeness (QED) is 0.516. The number of aryl methyl sites for hydroxylation is 1. The van der Waals surface area contributed by atoms with Crippen molar-refractivity contribution < 1.29 is 17.9 Å². The Labute approximate surface area is 189 Å². The lowest BCUT2D eigenvalue weighted by Crippen LogP contribution is -2.49. The maximum absolute atomic E-state index is 13.2. The largest absolute Gasteiger partial charge is 0.416 e. The highest BCUT2D eigenvalue weighted by atomic mass is 19.4. The van der Waals surface area contributed by atoms with E-state index in [4.69, 9.17) is 14.7 Å². The molecule has 3 aromatic rings. The number of ether oxygens (including phenoxy) is 1. The number of hydrogen-bond acceptors (Lipinski definition) is 8. The number of halogens is 3. The number of piperazine rings is 1. The maximum Gasteiger partial charge on any atom is 0.416 e. The summed E-state index contributed by atoms with van der Waals surface area (Å²) in [5.41, 5.74) is 1.14. The zero-order valence-corrected chi connectivity index (χ0v) is 18.8. The van der Waals surface area contributed by atoms with Crippen LogP contribution in [0.3, 0.4) is 0 Å². The van der Waals surface area contributed by atoms with E-state index in [9.17, 15) is 13.2 Å². The minimum absolute atomic E-state index is 0.0414. The van der Waals surface area contributed by atoms with Gasteiger partial charge in [0.15, 0.2) is 5.82 Å². The molecule has 0 spiro atoms. The Morgan fingerprint density at radius 1 is 1.30 bits per heavy atom. The van der Waals surface area contributed by atoms with Crippen molar-refractivity contribution in [3.8, 4) is 0 Å². The highest BCUT2D eigenvalue weighted by molar-refractivity contribution is 5.90. The summed E-state index contributed by atoms with van der Waals surface area (Å²) in [7, 11) is 0. The predicted octanol–water partition coefficient (Wildman–Crippen LogP) is 3.13. The first-order chi connectivity index (χ1) is 15.8. The number of rotatable bonds is 7. The molecular formula is C21H27F3N8O. The fourth-order valence-electron chi connectivity index (χ4n) is 3.81. The van der Waals surface area contributed by atoms with Crippen molar-refractivity contribution in [2.45, 2.75) is 39.5 Å². The van der Waals surface area contributed by atoms with Crippen molar-refractivity contribution in [2.24, 2.45) is 0 Å². The molecule has 0 saturated carbocycles. The van der Waals surface area contributed by atoms with Crippen molar-refractivity contribution in [1.29, 1.82) is 0 Å². The Hall–Kier alpha value is -2.99. The lowest BCUT2D eigenvalue weighted by molar-refractivity contribution is -0.137. The zero-order chi connectivity index (χ0) is 23.6. The van der Waals surface area contributed by atoms with E-state index < -0.39 is 11.7 Å². The van der Waals surface area contributed by atoms with Gasteiger partial charge in [0.05, 0.1) is 24.4 Å². The molecule has 1 saturated heterocycles. The Kier molecular flexibility index (Phi) is 6.66. The van der Waals surface area contributed by atoms with Gasteiger partial charge < -0.3 is 20.3 Å². The number of anilines is 3. The van der Waals surface area contributed by atoms with Gasteiger partial charge in [-0.1, -0.05) is 0 Å². The molecule has 33 heavy (non-hydrogen) atoms. The Morgan fingerprint density at radius 2 is 2.12 bits per heavy atom. The van der Waals surface area contributed by atoms with E-state index in [2.05, 4.69) is 32.5 Å². The molecule has 3 aromatic heterocycles. The van der Waals surface area contributed by atoms with E-state index >= 15 is 0 Å². The molecule has 1 atom stereocenters. The van der Waals surface area contributed by atoms with Gasteiger partial charge >= 0.3 is 6.18 Å². The maximum atomic E-state index is 13.2. The molecular weight excluding hydrogens is 437 g/mol. The van der Waals surface area contributed by atoms with Crippen molar-refractivity contribution >= 4 is 28.6 Å². The van der Waals surface area contributed by atoms with Crippen molar-refractivity contribution in [3.05, 3.63) is 29.6 Å². The highest BCUT2D eigenvalue weighted by Crippen LogP contribution is 2.32. The second-order valence-corrected chi connectivity index (χ2v) is 7.93. The highest BCUT2D eigenvalue weighted by Gasteiger charge is 2.31. The monoisotopic (exact) mass is 464 g/mol. The van der Waals surface area contributed by atoms with Gasteiger partial charge in [-0.05, 0) is 32.9 Å². The number of fused-ring (bicyclic) bond motifs is 1. The molecule has 2 N–H and O–H groups in total. The third-order valence-corrected chi connectivity index (χ3v) is 5.38. The minimum atomic E-state index is -4.47. The van der Waals surface area contributed by atoms with E-state index in [0.29, 0.717) is 61.3 Å². The van der Waals surface area contributed by atoms with Gasteiger partial charge in [0, 0.05) is 38.5 Å². The lowest BCUT2D eigenvalue weighted by atomic mass is 10.2. The second-order valence-electron chi connectivity index (χ2n) is 7.93. The normalized spacial score (nSPS) is 17.0. The van der Waals surface area contributed by atoms with Crippen LogP contribution in [-0.4, -0.2) is 63.6 Å². The molecule has 1 aliphatic heterocycles. The molecule has 9 nitrogen and oxygen atoms in total. The summed E-state index contributed by atoms with van der Waals surface area (Å²) in [4.78, 5) is 15.6. The molecule has 0 aromatic carbocycles. The first-order valence-electron chi connectivity index (χ1n) is 10.9. The van der Waals surface area contributed by atoms with Crippen LogP contribution in [0.4, 0.5) is 30.8 Å². The summed E-state index contributed by atoms with van der Waals surface area (Å²) in [5.74, 6) is 0.891. The van der Waals surface area contributed by atoms with Gasteiger partial charge in [-0.2, -0.15) is 23.3 Å². The molecule has 4 heterocycles. The Bertz CT molecular complexity index is 1120. The van der Waals surface area contributed by atoms with Crippen LogP contribution >= 0.6 is 0 Å². The van der Waals surface area contributed by atoms with Crippen LogP contribution in [0.2, 0.25) is 0 Å². The number of aromatic nitrogens is 5. The summed E-state index contributed by atoms with van der Waals surface area (Å²) in [6, 6.07) is 2.16. The SMILES string of the molecule is CCOCCn1nc(C)c2nc(N3CCN[C@H](C)C3)nc(Nc3cc(C(F)(F)F)ccn3)c21.